The zero-order valence-electron chi connectivity index (χ0n) is 17.9. The lowest BCUT2D eigenvalue weighted by Gasteiger charge is -2.21. The fraction of sp³-hybridized carbons (Fsp3) is 0.192. The van der Waals surface area contributed by atoms with Gasteiger partial charge in [0.15, 0.2) is 0 Å². The lowest BCUT2D eigenvalue weighted by molar-refractivity contribution is -0.139. The number of hydrogen-bond donors (Lipinski definition) is 2. The summed E-state index contributed by atoms with van der Waals surface area (Å²) in [6.07, 6.45) is 0.238. The van der Waals surface area contributed by atoms with E-state index in [1.54, 1.807) is 12.1 Å². The first-order valence-electron chi connectivity index (χ1n) is 10.6. The molecule has 33 heavy (non-hydrogen) atoms. The average molecular weight is 441 g/mol. The van der Waals surface area contributed by atoms with Crippen LogP contribution in [-0.2, 0) is 22.6 Å². The number of hydrogen-bond acceptors (Lipinski definition) is 5. The van der Waals surface area contributed by atoms with E-state index in [9.17, 15) is 14.9 Å². The van der Waals surface area contributed by atoms with E-state index in [0.29, 0.717) is 30.9 Å². The molecule has 1 atom stereocenters. The van der Waals surface area contributed by atoms with Crippen LogP contribution in [0.5, 0.6) is 5.75 Å². The van der Waals surface area contributed by atoms with Crippen LogP contribution in [-0.4, -0.2) is 29.6 Å². The van der Waals surface area contributed by atoms with Crippen LogP contribution in [0.4, 0.5) is 5.69 Å². The molecular formula is C26H23N3O4. The molecule has 1 heterocycles. The van der Waals surface area contributed by atoms with E-state index in [0.717, 1.165) is 27.9 Å². The minimum absolute atomic E-state index is 0.300. The molecule has 0 fully saturated rings. The molecule has 0 aliphatic carbocycles. The first-order chi connectivity index (χ1) is 16.0. The third-order valence-corrected chi connectivity index (χ3v) is 5.62. The Bertz CT molecular complexity index is 1230. The molecule has 166 valence electrons. The Morgan fingerprint density at radius 1 is 1.12 bits per heavy atom. The van der Waals surface area contributed by atoms with E-state index in [1.165, 1.54) is 4.90 Å². The molecule has 0 radical (unpaired) electrons. The van der Waals surface area contributed by atoms with Crippen molar-refractivity contribution in [3.63, 3.8) is 0 Å². The highest BCUT2D eigenvalue weighted by molar-refractivity contribution is 6.00. The van der Waals surface area contributed by atoms with Crippen molar-refractivity contribution in [2.45, 2.75) is 25.5 Å². The van der Waals surface area contributed by atoms with Crippen molar-refractivity contribution in [1.82, 2.24) is 0 Å². The van der Waals surface area contributed by atoms with E-state index in [1.807, 2.05) is 54.6 Å². The van der Waals surface area contributed by atoms with Crippen LogP contribution in [0.1, 0.15) is 23.1 Å². The quantitative estimate of drug-likeness (QED) is 0.580. The largest absolute Gasteiger partial charge is 0.489 e. The normalized spacial score (nSPS) is 13.2. The number of nitriles is 1. The molecule has 1 amide bonds. The SMILES string of the molecule is N#Cc1cc(COc2ccc3c(c2)CCN3C(=O)C(N)CC(=O)O)ccc1-c1ccccc1. The van der Waals surface area contributed by atoms with E-state index >= 15 is 0 Å². The molecule has 0 bridgehead atoms. The van der Waals surface area contributed by atoms with Crippen molar-refractivity contribution in [2.75, 3.05) is 11.4 Å². The van der Waals surface area contributed by atoms with E-state index in [4.69, 9.17) is 15.6 Å². The van der Waals surface area contributed by atoms with Crippen LogP contribution >= 0.6 is 0 Å². The van der Waals surface area contributed by atoms with Gasteiger partial charge in [-0.1, -0.05) is 42.5 Å². The van der Waals surface area contributed by atoms with Gasteiger partial charge in [-0.25, -0.2) is 0 Å². The second kappa shape index (κ2) is 9.55. The highest BCUT2D eigenvalue weighted by atomic mass is 16.5. The van der Waals surface area contributed by atoms with Gasteiger partial charge in [-0.15, -0.1) is 0 Å². The Labute approximate surface area is 191 Å². The van der Waals surface area contributed by atoms with Crippen molar-refractivity contribution < 1.29 is 19.4 Å². The molecule has 3 N–H and O–H groups in total. The third kappa shape index (κ3) is 4.86. The van der Waals surface area contributed by atoms with Gasteiger partial charge in [0, 0.05) is 12.2 Å². The number of aliphatic carboxylic acids is 1. The number of carbonyl (C=O) groups is 2. The maximum absolute atomic E-state index is 12.5. The van der Waals surface area contributed by atoms with Crippen LogP contribution in [0.25, 0.3) is 11.1 Å². The predicted octanol–water partition coefficient (Wildman–Crippen LogP) is 3.50. The topological polar surface area (TPSA) is 117 Å². The molecule has 0 saturated carbocycles. The second-order valence-electron chi connectivity index (χ2n) is 7.88. The first kappa shape index (κ1) is 22.1. The molecule has 0 spiro atoms. The molecule has 3 aromatic carbocycles. The molecule has 3 aromatic rings. The van der Waals surface area contributed by atoms with Crippen LogP contribution < -0.4 is 15.4 Å². The Morgan fingerprint density at radius 2 is 1.91 bits per heavy atom. The van der Waals surface area contributed by atoms with E-state index in [2.05, 4.69) is 6.07 Å². The number of fused-ring (bicyclic) bond motifs is 1. The second-order valence-corrected chi connectivity index (χ2v) is 7.88. The zero-order valence-corrected chi connectivity index (χ0v) is 17.9. The Hall–Kier alpha value is -4.15. The Morgan fingerprint density at radius 3 is 2.64 bits per heavy atom. The number of benzene rings is 3. The van der Waals surface area contributed by atoms with Gasteiger partial charge < -0.3 is 20.5 Å². The van der Waals surface area contributed by atoms with Gasteiger partial charge >= 0.3 is 5.97 Å². The highest BCUT2D eigenvalue weighted by Gasteiger charge is 2.29. The van der Waals surface area contributed by atoms with E-state index < -0.39 is 24.3 Å². The summed E-state index contributed by atoms with van der Waals surface area (Å²) >= 11 is 0. The maximum Gasteiger partial charge on any atom is 0.305 e. The van der Waals surface area contributed by atoms with Gasteiger partial charge in [0.25, 0.3) is 0 Å². The molecule has 1 aliphatic heterocycles. The van der Waals surface area contributed by atoms with E-state index in [-0.39, 0.29) is 0 Å². The van der Waals surface area contributed by atoms with Crippen molar-refractivity contribution in [1.29, 1.82) is 5.26 Å². The van der Waals surface area contributed by atoms with Gasteiger partial charge in [0.2, 0.25) is 5.91 Å². The number of carbonyl (C=O) groups excluding carboxylic acids is 1. The van der Waals surface area contributed by atoms with Gasteiger partial charge in [0.05, 0.1) is 24.1 Å². The number of nitrogens with two attached hydrogens (primary N) is 1. The Kier molecular flexibility index (Phi) is 6.38. The molecular weight excluding hydrogens is 418 g/mol. The average Bonchev–Trinajstić information content (AvgIpc) is 3.25. The number of anilines is 1. The Balaban J connectivity index is 1.45. The molecule has 0 saturated heterocycles. The number of ether oxygens (including phenoxy) is 1. The summed E-state index contributed by atoms with van der Waals surface area (Å²) in [6, 6.07) is 22.1. The summed E-state index contributed by atoms with van der Waals surface area (Å²) in [5.74, 6) is -0.841. The van der Waals surface area contributed by atoms with Crippen molar-refractivity contribution in [2.24, 2.45) is 5.73 Å². The van der Waals surface area contributed by atoms with Gasteiger partial charge in [-0.2, -0.15) is 5.26 Å². The minimum Gasteiger partial charge on any atom is -0.489 e. The summed E-state index contributed by atoms with van der Waals surface area (Å²) in [7, 11) is 0. The van der Waals surface area contributed by atoms with Crippen molar-refractivity contribution >= 4 is 17.6 Å². The lowest BCUT2D eigenvalue weighted by atomic mass is 9.98. The molecule has 4 rings (SSSR count). The summed E-state index contributed by atoms with van der Waals surface area (Å²) in [5, 5.41) is 18.5. The molecule has 1 unspecified atom stereocenters. The smallest absolute Gasteiger partial charge is 0.305 e. The third-order valence-electron chi connectivity index (χ3n) is 5.62. The van der Waals surface area contributed by atoms with Crippen molar-refractivity contribution in [3.8, 4) is 22.9 Å². The highest BCUT2D eigenvalue weighted by Crippen LogP contribution is 2.32. The standard InChI is InChI=1S/C26H23N3O4/c27-15-20-12-17(6-8-22(20)18-4-2-1-3-5-18)16-33-21-7-9-24-19(13-21)10-11-29(24)26(32)23(28)14-25(30)31/h1-9,12-13,23H,10-11,14,16,28H2,(H,30,31). The van der Waals surface area contributed by atoms with Crippen LogP contribution in [0.2, 0.25) is 0 Å². The van der Waals surface area contributed by atoms with Crippen molar-refractivity contribution in [3.05, 3.63) is 83.4 Å². The summed E-state index contributed by atoms with van der Waals surface area (Å²) in [4.78, 5) is 24.9. The fourth-order valence-corrected chi connectivity index (χ4v) is 3.98. The number of amides is 1. The number of carboxylic acid groups (broad SMARTS) is 1. The fourth-order valence-electron chi connectivity index (χ4n) is 3.98. The van der Waals surface area contributed by atoms with Crippen LogP contribution in [0.3, 0.4) is 0 Å². The number of carboxylic acids is 1. The predicted molar refractivity (Wildman–Crippen MR) is 124 cm³/mol. The maximum atomic E-state index is 12.5. The number of nitrogens with zero attached hydrogens (tertiary/aromatic N) is 2. The van der Waals surface area contributed by atoms with Crippen LogP contribution in [0.15, 0.2) is 66.7 Å². The lowest BCUT2D eigenvalue weighted by Crippen LogP contribution is -2.44. The van der Waals surface area contributed by atoms with Gasteiger partial charge in [-0.05, 0) is 52.9 Å². The molecule has 7 nitrogen and oxygen atoms in total. The minimum atomic E-state index is -1.10. The first-order valence-corrected chi connectivity index (χ1v) is 10.6. The monoisotopic (exact) mass is 441 g/mol. The molecule has 1 aliphatic rings. The summed E-state index contributed by atoms with van der Waals surface area (Å²) < 4.78 is 5.94. The zero-order chi connectivity index (χ0) is 23.4. The van der Waals surface area contributed by atoms with Crippen LogP contribution in [0, 0.1) is 11.3 Å². The number of rotatable bonds is 7. The van der Waals surface area contributed by atoms with Gasteiger partial charge in [0.1, 0.15) is 12.4 Å². The summed E-state index contributed by atoms with van der Waals surface area (Å²) in [5.41, 5.74) is 10.8. The molecule has 0 aromatic heterocycles. The van der Waals surface area contributed by atoms with Gasteiger partial charge in [-0.3, -0.25) is 9.59 Å². The summed E-state index contributed by atoms with van der Waals surface area (Å²) in [6.45, 7) is 0.756. The molecule has 7 heteroatoms.